The number of aromatic amines is 1. The summed E-state index contributed by atoms with van der Waals surface area (Å²) in [4.78, 5) is 11.9. The summed E-state index contributed by atoms with van der Waals surface area (Å²) < 4.78 is 0. The molecular formula is C12H21N5O. The zero-order valence-electron chi connectivity index (χ0n) is 10.9. The van der Waals surface area contributed by atoms with Gasteiger partial charge in [-0.3, -0.25) is 9.89 Å². The fourth-order valence-corrected chi connectivity index (χ4v) is 2.00. The molecule has 0 radical (unpaired) electrons. The molecular weight excluding hydrogens is 230 g/mol. The molecule has 0 saturated carbocycles. The van der Waals surface area contributed by atoms with E-state index in [2.05, 4.69) is 26.1 Å². The molecule has 1 saturated heterocycles. The predicted octanol–water partition coefficient (Wildman–Crippen LogP) is 0.364. The van der Waals surface area contributed by atoms with Gasteiger partial charge in [0.1, 0.15) is 11.5 Å². The van der Waals surface area contributed by atoms with Gasteiger partial charge in [0.2, 0.25) is 0 Å². The predicted molar refractivity (Wildman–Crippen MR) is 71.0 cm³/mol. The number of nitrogens with zero attached hydrogens (tertiary/aromatic N) is 1. The smallest absolute Gasteiger partial charge is 0.194 e. The van der Waals surface area contributed by atoms with Crippen molar-refractivity contribution in [1.82, 2.24) is 20.8 Å². The molecule has 2 heterocycles. The van der Waals surface area contributed by atoms with Crippen LogP contribution < -0.4 is 16.0 Å². The first-order valence-electron chi connectivity index (χ1n) is 6.44. The Hall–Kier alpha value is -1.40. The Bertz CT molecular complexity index is 395. The number of ketones is 1. The number of hydrogen-bond acceptors (Lipinski definition) is 5. The number of hydrogen-bond donors (Lipinski definition) is 4. The fourth-order valence-electron chi connectivity index (χ4n) is 2.00. The molecule has 1 aromatic rings. The molecule has 1 aromatic heterocycles. The van der Waals surface area contributed by atoms with E-state index in [1.54, 1.807) is 6.07 Å². The van der Waals surface area contributed by atoms with Gasteiger partial charge in [0.05, 0.1) is 6.54 Å². The van der Waals surface area contributed by atoms with E-state index in [9.17, 15) is 4.79 Å². The SMILES string of the molecule is CC(C)Nc1cc(C(=O)CNC2CCNC2)[nH]n1. The van der Waals surface area contributed by atoms with Gasteiger partial charge in [-0.2, -0.15) is 5.10 Å². The van der Waals surface area contributed by atoms with Gasteiger partial charge in [0, 0.05) is 24.7 Å². The minimum absolute atomic E-state index is 0.0474. The molecule has 18 heavy (non-hydrogen) atoms. The molecule has 1 aliphatic rings. The summed E-state index contributed by atoms with van der Waals surface area (Å²) in [6.07, 6.45) is 1.08. The van der Waals surface area contributed by atoms with E-state index >= 15 is 0 Å². The Morgan fingerprint density at radius 3 is 3.11 bits per heavy atom. The minimum atomic E-state index is 0.0474. The van der Waals surface area contributed by atoms with Crippen LogP contribution in [0.1, 0.15) is 30.8 Å². The van der Waals surface area contributed by atoms with Crippen molar-refractivity contribution >= 4 is 11.6 Å². The summed E-state index contributed by atoms with van der Waals surface area (Å²) in [6, 6.07) is 2.47. The molecule has 2 rings (SSSR count). The van der Waals surface area contributed by atoms with Crippen LogP contribution in [0.15, 0.2) is 6.07 Å². The van der Waals surface area contributed by atoms with Crippen molar-refractivity contribution in [2.24, 2.45) is 0 Å². The summed E-state index contributed by atoms with van der Waals surface area (Å²) >= 11 is 0. The van der Waals surface area contributed by atoms with Crippen LogP contribution >= 0.6 is 0 Å². The minimum Gasteiger partial charge on any atom is -0.366 e. The van der Waals surface area contributed by atoms with Gasteiger partial charge in [-0.1, -0.05) is 0 Å². The molecule has 0 spiro atoms. The van der Waals surface area contributed by atoms with E-state index in [1.165, 1.54) is 0 Å². The summed E-state index contributed by atoms with van der Waals surface area (Å²) in [5.41, 5.74) is 0.552. The van der Waals surface area contributed by atoms with Crippen LogP contribution in [0.2, 0.25) is 0 Å². The highest BCUT2D eigenvalue weighted by Gasteiger charge is 2.16. The van der Waals surface area contributed by atoms with Crippen LogP contribution in [0, 0.1) is 0 Å². The third kappa shape index (κ3) is 3.54. The maximum absolute atomic E-state index is 11.9. The summed E-state index contributed by atoms with van der Waals surface area (Å²) in [7, 11) is 0. The lowest BCUT2D eigenvalue weighted by Crippen LogP contribution is -2.35. The largest absolute Gasteiger partial charge is 0.366 e. The highest BCUT2D eigenvalue weighted by atomic mass is 16.1. The third-order valence-corrected chi connectivity index (χ3v) is 2.93. The molecule has 0 amide bonds. The van der Waals surface area contributed by atoms with Gasteiger partial charge in [-0.15, -0.1) is 0 Å². The van der Waals surface area contributed by atoms with Gasteiger partial charge in [-0.25, -0.2) is 0 Å². The van der Waals surface area contributed by atoms with E-state index in [4.69, 9.17) is 0 Å². The Morgan fingerprint density at radius 2 is 2.44 bits per heavy atom. The quantitative estimate of drug-likeness (QED) is 0.549. The van der Waals surface area contributed by atoms with Crippen molar-refractivity contribution < 1.29 is 4.79 Å². The average Bonchev–Trinajstić information content (AvgIpc) is 2.95. The van der Waals surface area contributed by atoms with Gasteiger partial charge in [0.25, 0.3) is 0 Å². The molecule has 1 fully saturated rings. The first kappa shape index (κ1) is 13.0. The molecule has 0 aliphatic carbocycles. The second-order valence-corrected chi connectivity index (χ2v) is 4.96. The molecule has 1 atom stereocenters. The van der Waals surface area contributed by atoms with E-state index in [1.807, 2.05) is 13.8 Å². The lowest BCUT2D eigenvalue weighted by molar-refractivity contribution is 0.0983. The van der Waals surface area contributed by atoms with Crippen molar-refractivity contribution in [3.05, 3.63) is 11.8 Å². The van der Waals surface area contributed by atoms with E-state index in [0.717, 1.165) is 25.3 Å². The summed E-state index contributed by atoms with van der Waals surface area (Å²) in [5, 5.41) is 16.5. The van der Waals surface area contributed by atoms with Crippen molar-refractivity contribution in [1.29, 1.82) is 0 Å². The van der Waals surface area contributed by atoms with Crippen LogP contribution in [0.5, 0.6) is 0 Å². The molecule has 1 aliphatic heterocycles. The number of aromatic nitrogens is 2. The Labute approximate surface area is 107 Å². The molecule has 0 bridgehead atoms. The lowest BCUT2D eigenvalue weighted by Gasteiger charge is -2.09. The molecule has 6 heteroatoms. The molecule has 0 aromatic carbocycles. The van der Waals surface area contributed by atoms with Gasteiger partial charge in [-0.05, 0) is 26.8 Å². The normalized spacial score (nSPS) is 19.4. The first-order valence-corrected chi connectivity index (χ1v) is 6.44. The topological polar surface area (TPSA) is 81.8 Å². The Kier molecular flexibility index (Phi) is 4.33. The maximum atomic E-state index is 11.9. The fraction of sp³-hybridized carbons (Fsp3) is 0.667. The monoisotopic (exact) mass is 251 g/mol. The third-order valence-electron chi connectivity index (χ3n) is 2.93. The maximum Gasteiger partial charge on any atom is 0.194 e. The number of H-pyrrole nitrogens is 1. The number of anilines is 1. The zero-order chi connectivity index (χ0) is 13.0. The van der Waals surface area contributed by atoms with E-state index in [-0.39, 0.29) is 5.78 Å². The Morgan fingerprint density at radius 1 is 1.61 bits per heavy atom. The zero-order valence-corrected chi connectivity index (χ0v) is 10.9. The number of rotatable bonds is 6. The highest BCUT2D eigenvalue weighted by Crippen LogP contribution is 2.07. The van der Waals surface area contributed by atoms with Crippen molar-refractivity contribution in [3.63, 3.8) is 0 Å². The summed E-state index contributed by atoms with van der Waals surface area (Å²) in [6.45, 7) is 6.39. The van der Waals surface area contributed by atoms with Crippen LogP contribution in [0.25, 0.3) is 0 Å². The van der Waals surface area contributed by atoms with Crippen LogP contribution in [-0.4, -0.2) is 47.7 Å². The molecule has 100 valence electrons. The van der Waals surface area contributed by atoms with Gasteiger partial charge >= 0.3 is 0 Å². The molecule has 1 unspecified atom stereocenters. The van der Waals surface area contributed by atoms with Crippen molar-refractivity contribution in [2.75, 3.05) is 25.0 Å². The highest BCUT2D eigenvalue weighted by molar-refractivity contribution is 5.96. The lowest BCUT2D eigenvalue weighted by atomic mass is 10.2. The van der Waals surface area contributed by atoms with Crippen LogP contribution in [0.3, 0.4) is 0 Å². The second-order valence-electron chi connectivity index (χ2n) is 4.96. The Balaban J connectivity index is 1.82. The molecule has 6 nitrogen and oxygen atoms in total. The van der Waals surface area contributed by atoms with Crippen LogP contribution in [0.4, 0.5) is 5.82 Å². The van der Waals surface area contributed by atoms with Crippen LogP contribution in [-0.2, 0) is 0 Å². The number of nitrogens with one attached hydrogen (secondary N) is 4. The van der Waals surface area contributed by atoms with E-state index in [0.29, 0.717) is 24.3 Å². The van der Waals surface area contributed by atoms with Crippen molar-refractivity contribution in [2.45, 2.75) is 32.4 Å². The summed E-state index contributed by atoms with van der Waals surface area (Å²) in [5.74, 6) is 0.766. The van der Waals surface area contributed by atoms with E-state index < -0.39 is 0 Å². The molecule has 4 N–H and O–H groups in total. The first-order chi connectivity index (χ1) is 8.65. The number of carbonyl (C=O) groups excluding carboxylic acids is 1. The van der Waals surface area contributed by atoms with Crippen molar-refractivity contribution in [3.8, 4) is 0 Å². The second kappa shape index (κ2) is 5.97. The van der Waals surface area contributed by atoms with Gasteiger partial charge < -0.3 is 16.0 Å². The standard InChI is InChI=1S/C12H21N5O/c1-8(2)15-12-5-10(16-17-12)11(18)7-14-9-3-4-13-6-9/h5,8-9,13-14H,3-4,6-7H2,1-2H3,(H2,15,16,17). The van der Waals surface area contributed by atoms with Gasteiger partial charge in [0.15, 0.2) is 5.78 Å². The number of Topliss-reactive ketones (excluding diaryl/α,β-unsaturated/α-hetero) is 1. The number of carbonyl (C=O) groups is 1. The average molecular weight is 251 g/mol.